The summed E-state index contributed by atoms with van der Waals surface area (Å²) in [6.07, 6.45) is 0.0814. The molecule has 0 aliphatic heterocycles. The van der Waals surface area contributed by atoms with Crippen LogP contribution in [0, 0.1) is 11.8 Å². The summed E-state index contributed by atoms with van der Waals surface area (Å²) in [5.41, 5.74) is 6.04. The van der Waals surface area contributed by atoms with E-state index in [2.05, 4.69) is 31.9 Å². The fourth-order valence-electron chi connectivity index (χ4n) is 4.38. The van der Waals surface area contributed by atoms with Gasteiger partial charge in [0.1, 0.15) is 42.0 Å². The molecule has 0 saturated carbocycles. The van der Waals surface area contributed by atoms with Crippen molar-refractivity contribution in [3.05, 3.63) is 29.8 Å². The molecule has 0 aromatic heterocycles. The van der Waals surface area contributed by atoms with Crippen molar-refractivity contribution in [2.75, 3.05) is 6.61 Å². The second kappa shape index (κ2) is 19.9. The van der Waals surface area contributed by atoms with Crippen LogP contribution in [0.15, 0.2) is 24.3 Å². The number of benzene rings is 1. The van der Waals surface area contributed by atoms with Crippen LogP contribution in [0.2, 0.25) is 0 Å². The smallest absolute Gasteiger partial charge is 0.325 e. The van der Waals surface area contributed by atoms with Crippen molar-refractivity contribution in [2.45, 2.75) is 104 Å². The molecule has 274 valence electrons. The van der Waals surface area contributed by atoms with Crippen LogP contribution in [-0.2, 0) is 40.0 Å². The van der Waals surface area contributed by atoms with E-state index >= 15 is 0 Å². The van der Waals surface area contributed by atoms with Gasteiger partial charge in [-0.1, -0.05) is 39.8 Å². The van der Waals surface area contributed by atoms with E-state index in [1.165, 1.54) is 45.0 Å². The average molecular weight is 694 g/mol. The molecule has 0 saturated heterocycles. The normalized spacial score (nSPS) is 15.4. The zero-order valence-electron chi connectivity index (χ0n) is 28.9. The molecule has 1 aromatic rings. The summed E-state index contributed by atoms with van der Waals surface area (Å²) in [4.78, 5) is 89.0. The van der Waals surface area contributed by atoms with Crippen LogP contribution in [0.1, 0.15) is 60.5 Å². The lowest BCUT2D eigenvalue weighted by Crippen LogP contribution is -2.60. The van der Waals surface area contributed by atoms with Crippen LogP contribution < -0.4 is 37.6 Å². The third-order valence-corrected chi connectivity index (χ3v) is 7.31. The highest BCUT2D eigenvalue weighted by Crippen LogP contribution is 2.13. The highest BCUT2D eigenvalue weighted by molar-refractivity contribution is 5.97. The predicted molar refractivity (Wildman–Crippen MR) is 177 cm³/mol. The summed E-state index contributed by atoms with van der Waals surface area (Å²) in [5.74, 6) is -6.46. The SMILES string of the molecule is CC(C)C[C@H](NC(=O)[C@H](C)NC(=O)[C@H](CO)NC(=O)[C@H](C)N)C(=O)N[C@H](C(=O)N[C@@H](Cc1ccc(O)cc1)C(=O)N[C@@H](C)C(=O)O)C(C)C. The van der Waals surface area contributed by atoms with Crippen molar-refractivity contribution in [3.8, 4) is 5.75 Å². The van der Waals surface area contributed by atoms with Crippen molar-refractivity contribution < 1.29 is 48.9 Å². The zero-order chi connectivity index (χ0) is 37.6. The average Bonchev–Trinajstić information content (AvgIpc) is 3.01. The molecule has 49 heavy (non-hydrogen) atoms. The van der Waals surface area contributed by atoms with E-state index in [9.17, 15) is 48.9 Å². The number of carboxylic acids is 1. The van der Waals surface area contributed by atoms with E-state index in [0.717, 1.165) is 0 Å². The van der Waals surface area contributed by atoms with Crippen molar-refractivity contribution in [3.63, 3.8) is 0 Å². The van der Waals surface area contributed by atoms with E-state index in [-0.39, 0.29) is 24.5 Å². The minimum Gasteiger partial charge on any atom is -0.508 e. The number of phenols is 1. The Bertz CT molecular complexity index is 1320. The quantitative estimate of drug-likeness (QED) is 0.0757. The van der Waals surface area contributed by atoms with Crippen molar-refractivity contribution >= 4 is 41.4 Å². The van der Waals surface area contributed by atoms with E-state index in [4.69, 9.17) is 5.73 Å². The molecule has 17 heteroatoms. The van der Waals surface area contributed by atoms with Gasteiger partial charge in [0, 0.05) is 6.42 Å². The topological polar surface area (TPSA) is 278 Å². The summed E-state index contributed by atoms with van der Waals surface area (Å²) in [7, 11) is 0. The Kier molecular flexibility index (Phi) is 17.2. The molecular weight excluding hydrogens is 642 g/mol. The van der Waals surface area contributed by atoms with Gasteiger partial charge in [-0.15, -0.1) is 0 Å². The Morgan fingerprint density at radius 1 is 0.633 bits per heavy atom. The number of carboxylic acid groups (broad SMARTS) is 1. The van der Waals surface area contributed by atoms with Gasteiger partial charge in [0.05, 0.1) is 12.6 Å². The Labute approximate surface area is 285 Å². The lowest BCUT2D eigenvalue weighted by atomic mass is 9.98. The Morgan fingerprint density at radius 2 is 1.12 bits per heavy atom. The minimum absolute atomic E-state index is 0.0179. The molecule has 0 bridgehead atoms. The van der Waals surface area contributed by atoms with Gasteiger partial charge in [0.25, 0.3) is 0 Å². The highest BCUT2D eigenvalue weighted by atomic mass is 16.4. The Morgan fingerprint density at radius 3 is 1.61 bits per heavy atom. The molecule has 1 aromatic carbocycles. The number of aromatic hydroxyl groups is 1. The van der Waals surface area contributed by atoms with Gasteiger partial charge in [-0.05, 0) is 56.7 Å². The molecule has 0 fully saturated rings. The number of nitrogens with two attached hydrogens (primary N) is 1. The number of aliphatic carboxylic acids is 1. The predicted octanol–water partition coefficient (Wildman–Crippen LogP) is -1.99. The molecule has 0 unspecified atom stereocenters. The summed E-state index contributed by atoms with van der Waals surface area (Å²) >= 11 is 0. The van der Waals surface area contributed by atoms with E-state index < -0.39 is 96.2 Å². The first kappa shape index (κ1) is 42.3. The standard InChI is InChI=1S/C32H51N7O10/c1-15(2)12-22(36-27(43)18(6)34-30(46)24(14-40)38-26(42)17(5)33)29(45)39-25(16(3)4)31(47)37-23(28(44)35-19(7)32(48)49)13-20-8-10-21(41)11-9-20/h8-11,15-19,22-25,40-41H,12-14,33H2,1-7H3,(H,34,46)(H,35,44)(H,36,43)(H,37,47)(H,38,42)(H,39,45)(H,48,49)/t17-,18-,19-,22-,23-,24-,25-/m0/s1. The molecule has 1 rings (SSSR count). The number of rotatable bonds is 19. The third-order valence-electron chi connectivity index (χ3n) is 7.31. The number of carbonyl (C=O) groups excluding carboxylic acids is 6. The van der Waals surface area contributed by atoms with Gasteiger partial charge >= 0.3 is 5.97 Å². The van der Waals surface area contributed by atoms with Gasteiger partial charge in [0.15, 0.2) is 0 Å². The van der Waals surface area contributed by atoms with Gasteiger partial charge in [-0.2, -0.15) is 0 Å². The lowest BCUT2D eigenvalue weighted by Gasteiger charge is -2.28. The van der Waals surface area contributed by atoms with Crippen LogP contribution in [0.5, 0.6) is 5.75 Å². The number of carbonyl (C=O) groups is 7. The molecule has 7 atom stereocenters. The maximum atomic E-state index is 13.6. The number of hydrogen-bond acceptors (Lipinski definition) is 10. The van der Waals surface area contributed by atoms with Crippen LogP contribution in [0.4, 0.5) is 0 Å². The summed E-state index contributed by atoms with van der Waals surface area (Å²) in [6, 6.07) is -2.53. The first-order valence-electron chi connectivity index (χ1n) is 16.0. The molecule has 0 spiro atoms. The Hall–Kier alpha value is -4.77. The van der Waals surface area contributed by atoms with Crippen molar-refractivity contribution in [1.82, 2.24) is 31.9 Å². The summed E-state index contributed by atoms with van der Waals surface area (Å²) in [5, 5.41) is 43.2. The van der Waals surface area contributed by atoms with Crippen LogP contribution >= 0.6 is 0 Å². The number of aliphatic hydroxyl groups is 1. The van der Waals surface area contributed by atoms with Crippen molar-refractivity contribution in [2.24, 2.45) is 17.6 Å². The second-order valence-electron chi connectivity index (χ2n) is 12.7. The summed E-state index contributed by atoms with van der Waals surface area (Å²) < 4.78 is 0. The lowest BCUT2D eigenvalue weighted by molar-refractivity contribution is -0.141. The van der Waals surface area contributed by atoms with Crippen LogP contribution in [0.3, 0.4) is 0 Å². The summed E-state index contributed by atoms with van der Waals surface area (Å²) in [6.45, 7) is 10.2. The van der Waals surface area contributed by atoms with Gasteiger partial charge in [-0.25, -0.2) is 0 Å². The zero-order valence-corrected chi connectivity index (χ0v) is 28.9. The molecule has 0 aliphatic carbocycles. The molecule has 0 heterocycles. The number of amides is 6. The fraction of sp³-hybridized carbons (Fsp3) is 0.594. The maximum Gasteiger partial charge on any atom is 0.325 e. The van der Waals surface area contributed by atoms with Crippen LogP contribution in [0.25, 0.3) is 0 Å². The first-order chi connectivity index (χ1) is 22.8. The van der Waals surface area contributed by atoms with E-state index in [1.807, 2.05) is 13.8 Å². The number of aliphatic hydroxyl groups excluding tert-OH is 1. The number of phenolic OH excluding ortho intramolecular Hbond substituents is 1. The van der Waals surface area contributed by atoms with Gasteiger partial charge in [0.2, 0.25) is 35.4 Å². The third kappa shape index (κ3) is 14.5. The molecule has 6 amide bonds. The first-order valence-corrected chi connectivity index (χ1v) is 16.0. The molecule has 17 nitrogen and oxygen atoms in total. The minimum atomic E-state index is -1.37. The number of hydrogen-bond donors (Lipinski definition) is 10. The van der Waals surface area contributed by atoms with E-state index in [0.29, 0.717) is 5.56 Å². The van der Waals surface area contributed by atoms with Gasteiger partial charge < -0.3 is 53.0 Å². The fourth-order valence-corrected chi connectivity index (χ4v) is 4.38. The van der Waals surface area contributed by atoms with Crippen LogP contribution in [-0.4, -0.2) is 106 Å². The highest BCUT2D eigenvalue weighted by Gasteiger charge is 2.33. The largest absolute Gasteiger partial charge is 0.508 e. The molecule has 0 aliphatic rings. The molecular formula is C32H51N7O10. The monoisotopic (exact) mass is 693 g/mol. The maximum absolute atomic E-state index is 13.6. The van der Waals surface area contributed by atoms with Crippen molar-refractivity contribution in [1.29, 1.82) is 0 Å². The van der Waals surface area contributed by atoms with Gasteiger partial charge in [-0.3, -0.25) is 33.6 Å². The van der Waals surface area contributed by atoms with E-state index in [1.54, 1.807) is 13.8 Å². The number of nitrogens with one attached hydrogen (secondary N) is 6. The molecule has 11 N–H and O–H groups in total. The second-order valence-corrected chi connectivity index (χ2v) is 12.7. The Balaban J connectivity index is 3.13. The molecule has 0 radical (unpaired) electrons.